The summed E-state index contributed by atoms with van der Waals surface area (Å²) in [6.45, 7) is 2.43. The molecule has 0 saturated carbocycles. The average molecular weight is 429 g/mol. The first-order valence-electron chi connectivity index (χ1n) is 8.37. The van der Waals surface area contributed by atoms with Crippen molar-refractivity contribution >= 4 is 49.6 Å². The third kappa shape index (κ3) is 4.40. The normalized spacial score (nSPS) is 18.2. The maximum Gasteiger partial charge on any atom is 0.348 e. The predicted molar refractivity (Wildman–Crippen MR) is 105 cm³/mol. The number of rotatable bonds is 5. The van der Waals surface area contributed by atoms with E-state index in [4.69, 9.17) is 0 Å². The molecule has 3 rings (SSSR count). The minimum absolute atomic E-state index is 0.153. The highest BCUT2D eigenvalue weighted by atomic mass is 32.2. The predicted octanol–water partition coefficient (Wildman–Crippen LogP) is 2.94. The summed E-state index contributed by atoms with van der Waals surface area (Å²) in [4.78, 5) is 25.4. The van der Waals surface area contributed by atoms with Crippen LogP contribution >= 0.6 is 22.7 Å². The van der Waals surface area contributed by atoms with Gasteiger partial charge in [-0.1, -0.05) is 0 Å². The van der Waals surface area contributed by atoms with Crippen LogP contribution in [0.3, 0.4) is 0 Å². The number of nitrogens with one attached hydrogen (secondary N) is 1. The summed E-state index contributed by atoms with van der Waals surface area (Å²) in [6, 6.07) is 6.61. The molecule has 146 valence electrons. The third-order valence-corrected chi connectivity index (χ3v) is 8.62. The number of sulfonamides is 1. The zero-order valence-electron chi connectivity index (χ0n) is 14.9. The number of piperidine rings is 1. The van der Waals surface area contributed by atoms with Crippen molar-refractivity contribution in [3.05, 3.63) is 34.0 Å². The van der Waals surface area contributed by atoms with Crippen LogP contribution in [0, 0.1) is 12.8 Å². The zero-order chi connectivity index (χ0) is 19.6. The lowest BCUT2D eigenvalue weighted by atomic mass is 9.99. The van der Waals surface area contributed by atoms with Gasteiger partial charge in [-0.15, -0.1) is 22.7 Å². The summed E-state index contributed by atoms with van der Waals surface area (Å²) in [5.41, 5.74) is 0. The molecule has 2 aromatic heterocycles. The second kappa shape index (κ2) is 8.09. The highest BCUT2D eigenvalue weighted by molar-refractivity contribution is 7.91. The quantitative estimate of drug-likeness (QED) is 0.739. The highest BCUT2D eigenvalue weighted by Gasteiger charge is 2.34. The largest absolute Gasteiger partial charge is 0.465 e. The number of hydrogen-bond acceptors (Lipinski definition) is 7. The molecule has 0 aromatic carbocycles. The molecule has 2 aromatic rings. The molecular formula is C17H20N2O5S3. The molecule has 10 heteroatoms. The Labute approximate surface area is 166 Å². The molecular weight excluding hydrogens is 408 g/mol. The number of aryl methyl sites for hydroxylation is 1. The maximum atomic E-state index is 12.8. The standard InChI is InChI=1S/C17H20N2O5S3/c1-11-5-8-15(25-11)27(22,23)19-9-3-4-12(10-19)16(20)18-14-7-6-13(26-14)17(21)24-2/h5-8,12H,3-4,9-10H2,1-2H3,(H,18,20). The summed E-state index contributed by atoms with van der Waals surface area (Å²) in [5, 5.41) is 3.32. The molecule has 0 spiro atoms. The molecule has 27 heavy (non-hydrogen) atoms. The van der Waals surface area contributed by atoms with Crippen LogP contribution in [0.2, 0.25) is 0 Å². The molecule has 1 amide bonds. The van der Waals surface area contributed by atoms with Crippen molar-refractivity contribution in [2.24, 2.45) is 5.92 Å². The molecule has 1 N–H and O–H groups in total. The van der Waals surface area contributed by atoms with Crippen LogP contribution in [0.25, 0.3) is 0 Å². The molecule has 0 bridgehead atoms. The summed E-state index contributed by atoms with van der Waals surface area (Å²) < 4.78 is 31.9. The Kier molecular flexibility index (Phi) is 5.99. The number of nitrogens with zero attached hydrogens (tertiary/aromatic N) is 1. The fraction of sp³-hybridized carbons (Fsp3) is 0.412. The average Bonchev–Trinajstić information content (AvgIpc) is 3.30. The van der Waals surface area contributed by atoms with Gasteiger partial charge in [-0.25, -0.2) is 13.2 Å². The number of carbonyl (C=O) groups excluding carboxylic acids is 2. The lowest BCUT2D eigenvalue weighted by molar-refractivity contribution is -0.120. The van der Waals surface area contributed by atoms with Crippen molar-refractivity contribution in [2.45, 2.75) is 24.0 Å². The fourth-order valence-electron chi connectivity index (χ4n) is 2.89. The van der Waals surface area contributed by atoms with Crippen molar-refractivity contribution < 1.29 is 22.7 Å². The summed E-state index contributed by atoms with van der Waals surface area (Å²) in [5.74, 6) is -1.13. The number of ether oxygens (including phenoxy) is 1. The Bertz CT molecular complexity index is 947. The Morgan fingerprint density at radius 2 is 2.00 bits per heavy atom. The molecule has 1 unspecified atom stereocenters. The molecule has 1 aliphatic rings. The molecule has 3 heterocycles. The van der Waals surface area contributed by atoms with Crippen LogP contribution in [0.4, 0.5) is 5.00 Å². The van der Waals surface area contributed by atoms with E-state index in [0.29, 0.717) is 33.5 Å². The van der Waals surface area contributed by atoms with E-state index in [-0.39, 0.29) is 12.5 Å². The van der Waals surface area contributed by atoms with Gasteiger partial charge in [0.25, 0.3) is 10.0 Å². The van der Waals surface area contributed by atoms with Crippen LogP contribution in [0.5, 0.6) is 0 Å². The molecule has 1 fully saturated rings. The SMILES string of the molecule is COC(=O)c1ccc(NC(=O)C2CCCN(S(=O)(=O)c3ccc(C)s3)C2)s1. The van der Waals surface area contributed by atoms with E-state index in [9.17, 15) is 18.0 Å². The second-order valence-corrected chi connectivity index (χ2v) is 10.7. The van der Waals surface area contributed by atoms with Crippen molar-refractivity contribution in [1.29, 1.82) is 0 Å². The molecule has 1 aliphatic heterocycles. The molecule has 0 radical (unpaired) electrons. The first-order chi connectivity index (χ1) is 12.8. The van der Waals surface area contributed by atoms with Crippen LogP contribution in [0.1, 0.15) is 27.4 Å². The van der Waals surface area contributed by atoms with E-state index >= 15 is 0 Å². The van der Waals surface area contributed by atoms with Crippen LogP contribution in [0.15, 0.2) is 28.5 Å². The number of thiophene rings is 2. The van der Waals surface area contributed by atoms with Gasteiger partial charge in [0.15, 0.2) is 0 Å². The van der Waals surface area contributed by atoms with Crippen molar-refractivity contribution in [3.63, 3.8) is 0 Å². The number of esters is 1. The number of carbonyl (C=O) groups is 2. The van der Waals surface area contributed by atoms with Crippen LogP contribution < -0.4 is 5.32 Å². The molecule has 1 atom stereocenters. The van der Waals surface area contributed by atoms with Gasteiger partial charge in [0.2, 0.25) is 5.91 Å². The van der Waals surface area contributed by atoms with Gasteiger partial charge in [-0.05, 0) is 44.0 Å². The van der Waals surface area contributed by atoms with E-state index in [1.807, 2.05) is 6.92 Å². The lowest BCUT2D eigenvalue weighted by Gasteiger charge is -2.30. The first-order valence-corrected chi connectivity index (χ1v) is 11.4. The van der Waals surface area contributed by atoms with Crippen LogP contribution in [-0.4, -0.2) is 44.8 Å². The number of amides is 1. The maximum absolute atomic E-state index is 12.8. The van der Waals surface area contributed by atoms with E-state index in [1.54, 1.807) is 24.3 Å². The fourth-order valence-corrected chi connectivity index (χ4v) is 6.68. The van der Waals surface area contributed by atoms with E-state index in [0.717, 1.165) is 16.2 Å². The number of methoxy groups -OCH3 is 1. The van der Waals surface area contributed by atoms with E-state index in [2.05, 4.69) is 10.1 Å². The van der Waals surface area contributed by atoms with Gasteiger partial charge in [-0.2, -0.15) is 4.31 Å². The summed E-state index contributed by atoms with van der Waals surface area (Å²) in [7, 11) is -2.28. The van der Waals surface area contributed by atoms with Gasteiger partial charge in [0.1, 0.15) is 9.09 Å². The minimum Gasteiger partial charge on any atom is -0.465 e. The topological polar surface area (TPSA) is 92.8 Å². The zero-order valence-corrected chi connectivity index (χ0v) is 17.4. The van der Waals surface area contributed by atoms with Gasteiger partial charge >= 0.3 is 5.97 Å². The third-order valence-electron chi connectivity index (χ3n) is 4.30. The highest BCUT2D eigenvalue weighted by Crippen LogP contribution is 2.29. The van der Waals surface area contributed by atoms with Crippen molar-refractivity contribution in [3.8, 4) is 0 Å². The Balaban J connectivity index is 1.68. The Morgan fingerprint density at radius 3 is 2.67 bits per heavy atom. The van der Waals surface area contributed by atoms with Gasteiger partial charge < -0.3 is 10.1 Å². The van der Waals surface area contributed by atoms with E-state index < -0.39 is 21.9 Å². The number of anilines is 1. The lowest BCUT2D eigenvalue weighted by Crippen LogP contribution is -2.43. The minimum atomic E-state index is -3.58. The smallest absolute Gasteiger partial charge is 0.348 e. The molecule has 0 aliphatic carbocycles. The monoisotopic (exact) mass is 428 g/mol. The van der Waals surface area contributed by atoms with Crippen molar-refractivity contribution in [1.82, 2.24) is 4.31 Å². The molecule has 7 nitrogen and oxygen atoms in total. The summed E-state index contributed by atoms with van der Waals surface area (Å²) in [6.07, 6.45) is 1.25. The second-order valence-electron chi connectivity index (χ2n) is 6.21. The van der Waals surface area contributed by atoms with Gasteiger partial charge in [0, 0.05) is 18.0 Å². The summed E-state index contributed by atoms with van der Waals surface area (Å²) >= 11 is 2.36. The Hall–Kier alpha value is -1.75. The van der Waals surface area contributed by atoms with E-state index in [1.165, 1.54) is 22.8 Å². The molecule has 1 saturated heterocycles. The first kappa shape index (κ1) is 20.0. The number of hydrogen-bond donors (Lipinski definition) is 1. The van der Waals surface area contributed by atoms with Gasteiger partial charge in [-0.3, -0.25) is 4.79 Å². The van der Waals surface area contributed by atoms with Gasteiger partial charge in [0.05, 0.1) is 18.0 Å². The Morgan fingerprint density at radius 1 is 1.22 bits per heavy atom. The van der Waals surface area contributed by atoms with Crippen LogP contribution in [-0.2, 0) is 19.6 Å². The van der Waals surface area contributed by atoms with Crippen molar-refractivity contribution in [2.75, 3.05) is 25.5 Å².